The molecule has 0 saturated heterocycles. The summed E-state index contributed by atoms with van der Waals surface area (Å²) in [6.45, 7) is 5.03. The SMILES string of the molecule is CCCCN(CCO)CCO.OCCO.OCCSCCO. The highest BCUT2D eigenvalue weighted by Crippen LogP contribution is 1.94. The first-order valence-corrected chi connectivity index (χ1v) is 8.79. The number of hydrogen-bond donors (Lipinski definition) is 6. The molecule has 6 N–H and O–H groups in total. The summed E-state index contributed by atoms with van der Waals surface area (Å²) in [4.78, 5) is 2.07. The molecule has 0 saturated carbocycles. The van der Waals surface area contributed by atoms with Crippen LogP contribution in [0.4, 0.5) is 0 Å². The molecule has 0 spiro atoms. The Morgan fingerprint density at radius 2 is 1.09 bits per heavy atom. The maximum atomic E-state index is 8.64. The Kier molecular flexibility index (Phi) is 35.7. The maximum absolute atomic E-state index is 8.64. The first-order valence-electron chi connectivity index (χ1n) is 7.63. The van der Waals surface area contributed by atoms with Crippen LogP contribution in [0.2, 0.25) is 0 Å². The van der Waals surface area contributed by atoms with Gasteiger partial charge in [0.05, 0.1) is 39.6 Å². The summed E-state index contributed by atoms with van der Waals surface area (Å²) < 4.78 is 0. The summed E-state index contributed by atoms with van der Waals surface area (Å²) in [5, 5.41) is 48.9. The van der Waals surface area contributed by atoms with Gasteiger partial charge in [0, 0.05) is 24.6 Å². The molecule has 0 fully saturated rings. The highest BCUT2D eigenvalue weighted by atomic mass is 32.2. The van der Waals surface area contributed by atoms with Gasteiger partial charge in [-0.3, -0.25) is 4.90 Å². The van der Waals surface area contributed by atoms with Crippen molar-refractivity contribution in [3.05, 3.63) is 0 Å². The summed E-state index contributed by atoms with van der Waals surface area (Å²) in [5.74, 6) is 1.47. The number of nitrogens with zero attached hydrogens (tertiary/aromatic N) is 1. The number of rotatable bonds is 12. The molecule has 0 aromatic rings. The highest BCUT2D eigenvalue weighted by Gasteiger charge is 2.00. The fourth-order valence-corrected chi connectivity index (χ4v) is 1.69. The van der Waals surface area contributed by atoms with Crippen LogP contribution in [0.25, 0.3) is 0 Å². The Hall–Kier alpha value is 0.0700. The second kappa shape index (κ2) is 29.1. The predicted octanol–water partition coefficient (Wildman–Crippen LogP) is -1.25. The zero-order valence-corrected chi connectivity index (χ0v) is 14.5. The van der Waals surface area contributed by atoms with Crippen LogP contribution in [0.1, 0.15) is 19.8 Å². The molecular weight excluding hydrogens is 310 g/mol. The molecular formula is C14H35NO6S. The number of aliphatic hydroxyl groups is 6. The quantitative estimate of drug-likeness (QED) is 0.242. The highest BCUT2D eigenvalue weighted by molar-refractivity contribution is 7.99. The lowest BCUT2D eigenvalue weighted by Gasteiger charge is -2.19. The van der Waals surface area contributed by atoms with Gasteiger partial charge in [-0.2, -0.15) is 11.8 Å². The van der Waals surface area contributed by atoms with Gasteiger partial charge in [0.2, 0.25) is 0 Å². The van der Waals surface area contributed by atoms with Gasteiger partial charge >= 0.3 is 0 Å². The molecule has 0 aromatic heterocycles. The molecule has 22 heavy (non-hydrogen) atoms. The summed E-state index contributed by atoms with van der Waals surface area (Å²) in [7, 11) is 0. The van der Waals surface area contributed by atoms with Gasteiger partial charge in [0.1, 0.15) is 0 Å². The van der Waals surface area contributed by atoms with Crippen molar-refractivity contribution < 1.29 is 30.6 Å². The van der Waals surface area contributed by atoms with E-state index in [2.05, 4.69) is 11.8 Å². The molecule has 138 valence electrons. The Labute approximate surface area is 138 Å². The lowest BCUT2D eigenvalue weighted by molar-refractivity contribution is 0.159. The first kappa shape index (κ1) is 26.9. The molecule has 0 bridgehead atoms. The third-order valence-corrected chi connectivity index (χ3v) is 3.17. The number of thioether (sulfide) groups is 1. The van der Waals surface area contributed by atoms with Crippen molar-refractivity contribution in [1.82, 2.24) is 4.90 Å². The minimum atomic E-state index is -0.125. The Balaban J connectivity index is -0.000000280. The van der Waals surface area contributed by atoms with Crippen molar-refractivity contribution in [2.75, 3.05) is 70.8 Å². The predicted molar refractivity (Wildman–Crippen MR) is 91.2 cm³/mol. The van der Waals surface area contributed by atoms with Crippen LogP contribution in [0.3, 0.4) is 0 Å². The van der Waals surface area contributed by atoms with Crippen molar-refractivity contribution in [1.29, 1.82) is 0 Å². The van der Waals surface area contributed by atoms with Gasteiger partial charge in [0.15, 0.2) is 0 Å². The summed E-state index contributed by atoms with van der Waals surface area (Å²) >= 11 is 1.55. The van der Waals surface area contributed by atoms with E-state index in [9.17, 15) is 0 Å². The molecule has 0 unspecified atom stereocenters. The van der Waals surface area contributed by atoms with E-state index < -0.39 is 0 Å². The van der Waals surface area contributed by atoms with E-state index in [1.54, 1.807) is 11.8 Å². The van der Waals surface area contributed by atoms with Crippen LogP contribution in [-0.4, -0.2) is 106 Å². The standard InChI is InChI=1S/C8H19NO2.C4H10O2S.C2H6O2/c1-2-3-4-9(5-7-10)6-8-11;5-1-3-7-4-2-6;3-1-2-4/h10-11H,2-8H2,1H3;5-6H,1-4H2;3-4H,1-2H2. The monoisotopic (exact) mass is 345 g/mol. The van der Waals surface area contributed by atoms with E-state index >= 15 is 0 Å². The van der Waals surface area contributed by atoms with Gasteiger partial charge in [-0.05, 0) is 13.0 Å². The van der Waals surface area contributed by atoms with Gasteiger partial charge in [0.25, 0.3) is 0 Å². The van der Waals surface area contributed by atoms with Crippen LogP contribution in [0, 0.1) is 0 Å². The van der Waals surface area contributed by atoms with Crippen LogP contribution < -0.4 is 0 Å². The molecule has 7 nitrogen and oxygen atoms in total. The number of aliphatic hydroxyl groups excluding tert-OH is 6. The number of unbranched alkanes of at least 4 members (excludes halogenated alkanes) is 1. The molecule has 0 aromatic carbocycles. The molecule has 0 atom stereocenters. The van der Waals surface area contributed by atoms with Crippen LogP contribution in [0.15, 0.2) is 0 Å². The molecule has 0 aliphatic heterocycles. The molecule has 0 heterocycles. The summed E-state index contributed by atoms with van der Waals surface area (Å²) in [5.41, 5.74) is 0. The molecule has 0 rings (SSSR count). The lowest BCUT2D eigenvalue weighted by Crippen LogP contribution is -2.30. The normalized spacial score (nSPS) is 9.82. The second-order valence-corrected chi connectivity index (χ2v) is 5.37. The molecule has 8 heteroatoms. The lowest BCUT2D eigenvalue weighted by atomic mass is 10.3. The molecule has 0 aliphatic rings. The Morgan fingerprint density at radius 3 is 1.36 bits per heavy atom. The van der Waals surface area contributed by atoms with E-state index in [1.165, 1.54) is 0 Å². The van der Waals surface area contributed by atoms with Crippen molar-refractivity contribution in [3.63, 3.8) is 0 Å². The maximum Gasteiger partial charge on any atom is 0.0662 e. The zero-order chi connectivity index (χ0) is 17.5. The number of hydrogen-bond acceptors (Lipinski definition) is 8. The van der Waals surface area contributed by atoms with Gasteiger partial charge < -0.3 is 30.6 Å². The topological polar surface area (TPSA) is 125 Å². The van der Waals surface area contributed by atoms with Crippen LogP contribution >= 0.6 is 11.8 Å². The van der Waals surface area contributed by atoms with E-state index in [-0.39, 0.29) is 39.6 Å². The summed E-state index contributed by atoms with van der Waals surface area (Å²) in [6, 6.07) is 0. The van der Waals surface area contributed by atoms with Crippen molar-refractivity contribution >= 4 is 11.8 Å². The smallest absolute Gasteiger partial charge is 0.0662 e. The largest absolute Gasteiger partial charge is 0.396 e. The van der Waals surface area contributed by atoms with E-state index in [0.29, 0.717) is 13.1 Å². The average molecular weight is 346 g/mol. The minimum Gasteiger partial charge on any atom is -0.396 e. The van der Waals surface area contributed by atoms with Gasteiger partial charge in [-0.15, -0.1) is 0 Å². The van der Waals surface area contributed by atoms with E-state index in [4.69, 9.17) is 30.6 Å². The van der Waals surface area contributed by atoms with E-state index in [1.807, 2.05) is 0 Å². The molecule has 0 aliphatic carbocycles. The molecule has 0 amide bonds. The minimum absolute atomic E-state index is 0.125. The average Bonchev–Trinajstić information content (AvgIpc) is 2.54. The third-order valence-electron chi connectivity index (χ3n) is 2.23. The second-order valence-electron chi connectivity index (χ2n) is 4.15. The van der Waals surface area contributed by atoms with Crippen molar-refractivity contribution in [3.8, 4) is 0 Å². The Bertz CT molecular complexity index is 156. The van der Waals surface area contributed by atoms with Gasteiger partial charge in [-0.1, -0.05) is 13.3 Å². The van der Waals surface area contributed by atoms with Crippen molar-refractivity contribution in [2.24, 2.45) is 0 Å². The fraction of sp³-hybridized carbons (Fsp3) is 1.00. The molecule has 0 radical (unpaired) electrons. The van der Waals surface area contributed by atoms with Crippen molar-refractivity contribution in [2.45, 2.75) is 19.8 Å². The van der Waals surface area contributed by atoms with Gasteiger partial charge in [-0.25, -0.2) is 0 Å². The Morgan fingerprint density at radius 1 is 0.636 bits per heavy atom. The first-order chi connectivity index (χ1) is 10.7. The fourth-order valence-electron chi connectivity index (χ4n) is 1.23. The third kappa shape index (κ3) is 32.1. The van der Waals surface area contributed by atoms with Crippen LogP contribution in [0.5, 0.6) is 0 Å². The summed E-state index contributed by atoms with van der Waals surface area (Å²) in [6.07, 6.45) is 2.30. The zero-order valence-electron chi connectivity index (χ0n) is 13.7. The van der Waals surface area contributed by atoms with Crippen LogP contribution in [-0.2, 0) is 0 Å². The van der Waals surface area contributed by atoms with E-state index in [0.717, 1.165) is 30.9 Å².